The van der Waals surface area contributed by atoms with Gasteiger partial charge in [0.15, 0.2) is 0 Å². The molecular weight excluding hydrogens is 334 g/mol. The summed E-state index contributed by atoms with van der Waals surface area (Å²) in [6.45, 7) is 0.532. The number of thiophene rings is 1. The number of rotatable bonds is 5. The minimum atomic E-state index is -0.756. The molecule has 2 aliphatic rings. The largest absolute Gasteiger partial charge is 0.349 e. The summed E-state index contributed by atoms with van der Waals surface area (Å²) < 4.78 is 0. The highest BCUT2D eigenvalue weighted by molar-refractivity contribution is 7.09. The molecule has 6 heteroatoms. The fourth-order valence-electron chi connectivity index (χ4n) is 4.00. The van der Waals surface area contributed by atoms with Crippen LogP contribution in [0, 0.1) is 0 Å². The van der Waals surface area contributed by atoms with Gasteiger partial charge in [-0.15, -0.1) is 11.3 Å². The smallest absolute Gasteiger partial charge is 0.315 e. The van der Waals surface area contributed by atoms with E-state index in [0.717, 1.165) is 49.8 Å². The molecule has 3 N–H and O–H groups in total. The van der Waals surface area contributed by atoms with E-state index in [9.17, 15) is 9.59 Å². The van der Waals surface area contributed by atoms with E-state index in [-0.39, 0.29) is 18.0 Å². The van der Waals surface area contributed by atoms with Crippen LogP contribution in [0.25, 0.3) is 0 Å². The third kappa shape index (κ3) is 4.97. The summed E-state index contributed by atoms with van der Waals surface area (Å²) in [6.07, 6.45) is 10.3. The average molecular weight is 364 g/mol. The molecule has 138 valence electrons. The number of urea groups is 1. The Bertz CT molecular complexity index is 561. The molecule has 0 saturated heterocycles. The molecule has 5 nitrogen and oxygen atoms in total. The van der Waals surface area contributed by atoms with Gasteiger partial charge in [0, 0.05) is 10.9 Å². The first kappa shape index (κ1) is 18.2. The van der Waals surface area contributed by atoms with Crippen molar-refractivity contribution in [3.63, 3.8) is 0 Å². The number of nitrogens with one attached hydrogen (secondary N) is 3. The molecule has 0 spiro atoms. The van der Waals surface area contributed by atoms with Crippen LogP contribution in [0.5, 0.6) is 0 Å². The predicted octanol–water partition coefficient (Wildman–Crippen LogP) is 3.70. The Kier molecular flexibility index (Phi) is 6.34. The van der Waals surface area contributed by atoms with E-state index in [0.29, 0.717) is 6.54 Å². The molecule has 0 atom stereocenters. The van der Waals surface area contributed by atoms with Crippen LogP contribution >= 0.6 is 11.3 Å². The van der Waals surface area contributed by atoms with Crippen molar-refractivity contribution in [2.24, 2.45) is 0 Å². The van der Waals surface area contributed by atoms with Gasteiger partial charge < -0.3 is 16.0 Å². The minimum Gasteiger partial charge on any atom is -0.349 e. The van der Waals surface area contributed by atoms with Crippen molar-refractivity contribution in [3.05, 3.63) is 22.4 Å². The molecule has 1 aromatic rings. The molecule has 2 fully saturated rings. The van der Waals surface area contributed by atoms with Gasteiger partial charge in [0.25, 0.3) is 0 Å². The monoisotopic (exact) mass is 363 g/mol. The molecule has 0 aromatic carbocycles. The van der Waals surface area contributed by atoms with E-state index >= 15 is 0 Å². The summed E-state index contributed by atoms with van der Waals surface area (Å²) in [7, 11) is 0. The van der Waals surface area contributed by atoms with Crippen LogP contribution < -0.4 is 16.0 Å². The van der Waals surface area contributed by atoms with Crippen molar-refractivity contribution >= 4 is 23.3 Å². The molecule has 25 heavy (non-hydrogen) atoms. The zero-order valence-electron chi connectivity index (χ0n) is 14.8. The lowest BCUT2D eigenvalue weighted by atomic mass is 9.81. The van der Waals surface area contributed by atoms with Crippen molar-refractivity contribution in [2.45, 2.75) is 82.3 Å². The maximum absolute atomic E-state index is 12.9. The molecule has 1 heterocycles. The maximum atomic E-state index is 12.9. The van der Waals surface area contributed by atoms with Gasteiger partial charge in [-0.3, -0.25) is 4.79 Å². The number of hydrogen-bond donors (Lipinski definition) is 3. The molecular formula is C19H29N3O2S. The zero-order chi connectivity index (χ0) is 17.5. The Morgan fingerprint density at radius 3 is 2.48 bits per heavy atom. The standard InChI is InChI=1S/C19H29N3O2S/c23-17(20-14-16-10-7-13-25-16)19(11-5-2-6-12-19)22-18(24)21-15-8-3-1-4-9-15/h7,10,13,15H,1-6,8-9,11-12,14H2,(H,20,23)(H2,21,22,24). The molecule has 2 aliphatic carbocycles. The summed E-state index contributed by atoms with van der Waals surface area (Å²) in [6, 6.07) is 4.07. The van der Waals surface area contributed by atoms with Crippen molar-refractivity contribution < 1.29 is 9.59 Å². The van der Waals surface area contributed by atoms with Gasteiger partial charge in [0.2, 0.25) is 5.91 Å². The van der Waals surface area contributed by atoms with Crippen molar-refractivity contribution in [1.29, 1.82) is 0 Å². The van der Waals surface area contributed by atoms with Crippen LogP contribution in [0.1, 0.15) is 69.1 Å². The lowest BCUT2D eigenvalue weighted by Gasteiger charge is -2.37. The first-order valence-corrected chi connectivity index (χ1v) is 10.5. The normalized spacial score (nSPS) is 20.6. The zero-order valence-corrected chi connectivity index (χ0v) is 15.6. The predicted molar refractivity (Wildman–Crippen MR) is 101 cm³/mol. The van der Waals surface area contributed by atoms with Gasteiger partial charge in [-0.1, -0.05) is 44.6 Å². The van der Waals surface area contributed by atoms with Crippen LogP contribution in [-0.2, 0) is 11.3 Å². The van der Waals surface area contributed by atoms with E-state index in [1.807, 2.05) is 17.5 Å². The minimum absolute atomic E-state index is 0.0422. The highest BCUT2D eigenvalue weighted by Crippen LogP contribution is 2.29. The summed E-state index contributed by atoms with van der Waals surface area (Å²) in [5, 5.41) is 11.2. The molecule has 0 bridgehead atoms. The van der Waals surface area contributed by atoms with E-state index in [1.165, 1.54) is 19.3 Å². The molecule has 0 unspecified atom stereocenters. The van der Waals surface area contributed by atoms with Gasteiger partial charge in [-0.25, -0.2) is 4.79 Å². The number of amides is 3. The van der Waals surface area contributed by atoms with Crippen LogP contribution in [-0.4, -0.2) is 23.5 Å². The van der Waals surface area contributed by atoms with Crippen molar-refractivity contribution in [2.75, 3.05) is 0 Å². The molecule has 2 saturated carbocycles. The second-order valence-electron chi connectivity index (χ2n) is 7.34. The number of hydrogen-bond acceptors (Lipinski definition) is 3. The van der Waals surface area contributed by atoms with Gasteiger partial charge in [-0.2, -0.15) is 0 Å². The molecule has 3 amide bonds. The summed E-state index contributed by atoms with van der Waals surface area (Å²) >= 11 is 1.63. The Morgan fingerprint density at radius 1 is 1.08 bits per heavy atom. The van der Waals surface area contributed by atoms with E-state index < -0.39 is 5.54 Å². The summed E-state index contributed by atoms with van der Waals surface area (Å²) in [5.74, 6) is -0.0422. The highest BCUT2D eigenvalue weighted by atomic mass is 32.1. The van der Waals surface area contributed by atoms with Crippen LogP contribution in [0.4, 0.5) is 4.79 Å². The number of carbonyl (C=O) groups excluding carboxylic acids is 2. The molecule has 0 radical (unpaired) electrons. The molecule has 1 aromatic heterocycles. The van der Waals surface area contributed by atoms with Crippen LogP contribution in [0.2, 0.25) is 0 Å². The third-order valence-electron chi connectivity index (χ3n) is 5.44. The lowest BCUT2D eigenvalue weighted by molar-refractivity contribution is -0.128. The topological polar surface area (TPSA) is 70.2 Å². The fraction of sp³-hybridized carbons (Fsp3) is 0.684. The highest BCUT2D eigenvalue weighted by Gasteiger charge is 2.41. The maximum Gasteiger partial charge on any atom is 0.315 e. The molecule has 0 aliphatic heterocycles. The summed E-state index contributed by atoms with van der Waals surface area (Å²) in [5.41, 5.74) is -0.756. The van der Waals surface area contributed by atoms with Gasteiger partial charge >= 0.3 is 6.03 Å². The van der Waals surface area contributed by atoms with Crippen molar-refractivity contribution in [1.82, 2.24) is 16.0 Å². The van der Waals surface area contributed by atoms with Gasteiger partial charge in [0.05, 0.1) is 6.54 Å². The Hall–Kier alpha value is -1.56. The summed E-state index contributed by atoms with van der Waals surface area (Å²) in [4.78, 5) is 26.5. The Morgan fingerprint density at radius 2 is 1.80 bits per heavy atom. The number of carbonyl (C=O) groups is 2. The van der Waals surface area contributed by atoms with Gasteiger partial charge in [0.1, 0.15) is 5.54 Å². The van der Waals surface area contributed by atoms with E-state index in [1.54, 1.807) is 11.3 Å². The molecule has 3 rings (SSSR count). The van der Waals surface area contributed by atoms with Gasteiger partial charge in [-0.05, 0) is 37.1 Å². The SMILES string of the molecule is O=C(NC1CCCCC1)NC1(C(=O)NCc2cccs2)CCCCC1. The second-order valence-corrected chi connectivity index (χ2v) is 8.37. The fourth-order valence-corrected chi connectivity index (χ4v) is 4.64. The van der Waals surface area contributed by atoms with Crippen LogP contribution in [0.15, 0.2) is 17.5 Å². The van der Waals surface area contributed by atoms with E-state index in [2.05, 4.69) is 16.0 Å². The first-order valence-electron chi connectivity index (χ1n) is 9.57. The van der Waals surface area contributed by atoms with E-state index in [4.69, 9.17) is 0 Å². The quantitative estimate of drug-likeness (QED) is 0.746. The average Bonchev–Trinajstić information content (AvgIpc) is 3.14. The van der Waals surface area contributed by atoms with Crippen LogP contribution in [0.3, 0.4) is 0 Å². The first-order chi connectivity index (χ1) is 12.2. The second kappa shape index (κ2) is 8.70. The Labute approximate surface area is 154 Å². The lowest BCUT2D eigenvalue weighted by Crippen LogP contribution is -2.62. The van der Waals surface area contributed by atoms with Crippen molar-refractivity contribution in [3.8, 4) is 0 Å². The third-order valence-corrected chi connectivity index (χ3v) is 6.31. The Balaban J connectivity index is 1.58.